The topological polar surface area (TPSA) is 12.0 Å². The lowest BCUT2D eigenvalue weighted by Gasteiger charge is -2.20. The van der Waals surface area contributed by atoms with Gasteiger partial charge in [0.25, 0.3) is 0 Å². The zero-order chi connectivity index (χ0) is 12.1. The van der Waals surface area contributed by atoms with Gasteiger partial charge in [-0.3, -0.25) is 0 Å². The summed E-state index contributed by atoms with van der Waals surface area (Å²) in [5.41, 5.74) is 1.35. The highest BCUT2D eigenvalue weighted by atomic mass is 79.9. The van der Waals surface area contributed by atoms with Crippen molar-refractivity contribution in [2.24, 2.45) is 5.92 Å². The van der Waals surface area contributed by atoms with Gasteiger partial charge in [-0.1, -0.05) is 26.7 Å². The molecule has 1 aromatic heterocycles. The maximum Gasteiger partial charge on any atom is 0.0731 e. The van der Waals surface area contributed by atoms with E-state index >= 15 is 0 Å². The van der Waals surface area contributed by atoms with Crippen LogP contribution in [0.4, 0.5) is 0 Å². The minimum absolute atomic E-state index is 0.514. The summed E-state index contributed by atoms with van der Waals surface area (Å²) in [4.78, 5) is 1.46. The molecule has 3 heteroatoms. The maximum atomic E-state index is 3.60. The third-order valence-corrected chi connectivity index (χ3v) is 5.54. The minimum Gasteiger partial charge on any atom is -0.312 e. The van der Waals surface area contributed by atoms with Crippen molar-refractivity contribution in [3.05, 3.63) is 20.3 Å². The lowest BCUT2D eigenvalue weighted by molar-refractivity contribution is 0.388. The SMILES string of the molecule is CCC(CC)CC(NC)c1cc(C)c(Br)s1. The van der Waals surface area contributed by atoms with E-state index in [2.05, 4.69) is 55.1 Å². The number of nitrogens with one attached hydrogen (secondary N) is 1. The molecular formula is C13H22BrNS. The highest BCUT2D eigenvalue weighted by molar-refractivity contribution is 9.11. The first-order valence-electron chi connectivity index (χ1n) is 6.05. The zero-order valence-electron chi connectivity index (χ0n) is 10.6. The van der Waals surface area contributed by atoms with Crippen molar-refractivity contribution >= 4 is 27.3 Å². The number of halogens is 1. The Morgan fingerprint density at radius 2 is 2.00 bits per heavy atom. The molecule has 1 nitrogen and oxygen atoms in total. The van der Waals surface area contributed by atoms with Gasteiger partial charge in [0.05, 0.1) is 3.79 Å². The first-order valence-corrected chi connectivity index (χ1v) is 7.66. The van der Waals surface area contributed by atoms with Crippen molar-refractivity contribution in [3.63, 3.8) is 0 Å². The zero-order valence-corrected chi connectivity index (χ0v) is 13.0. The van der Waals surface area contributed by atoms with Gasteiger partial charge in [0, 0.05) is 10.9 Å². The van der Waals surface area contributed by atoms with Gasteiger partial charge < -0.3 is 5.32 Å². The van der Waals surface area contributed by atoms with Crippen LogP contribution in [-0.2, 0) is 0 Å². The van der Waals surface area contributed by atoms with E-state index in [1.165, 1.54) is 33.5 Å². The number of thiophene rings is 1. The van der Waals surface area contributed by atoms with E-state index in [0.717, 1.165) is 5.92 Å². The highest BCUT2D eigenvalue weighted by Gasteiger charge is 2.17. The maximum absolute atomic E-state index is 3.60. The summed E-state index contributed by atoms with van der Waals surface area (Å²) >= 11 is 5.47. The number of aryl methyl sites for hydroxylation is 1. The molecule has 92 valence electrons. The van der Waals surface area contributed by atoms with E-state index in [1.54, 1.807) is 0 Å². The van der Waals surface area contributed by atoms with E-state index in [4.69, 9.17) is 0 Å². The molecule has 0 saturated heterocycles. The molecule has 1 unspecified atom stereocenters. The van der Waals surface area contributed by atoms with Crippen LogP contribution in [0.1, 0.15) is 49.6 Å². The second kappa shape index (κ2) is 6.77. The Kier molecular flexibility index (Phi) is 6.01. The quantitative estimate of drug-likeness (QED) is 0.787. The molecule has 0 aliphatic carbocycles. The van der Waals surface area contributed by atoms with Gasteiger partial charge in [-0.15, -0.1) is 11.3 Å². The fourth-order valence-electron chi connectivity index (χ4n) is 1.99. The smallest absolute Gasteiger partial charge is 0.0731 e. The molecule has 0 radical (unpaired) electrons. The summed E-state index contributed by atoms with van der Waals surface area (Å²) in [5, 5.41) is 3.45. The monoisotopic (exact) mass is 303 g/mol. The molecule has 1 atom stereocenters. The van der Waals surface area contributed by atoms with Crippen molar-refractivity contribution < 1.29 is 0 Å². The van der Waals surface area contributed by atoms with Crippen LogP contribution in [-0.4, -0.2) is 7.05 Å². The molecule has 1 N–H and O–H groups in total. The number of rotatable bonds is 6. The molecule has 0 aromatic carbocycles. The van der Waals surface area contributed by atoms with E-state index in [-0.39, 0.29) is 0 Å². The van der Waals surface area contributed by atoms with Crippen molar-refractivity contribution in [1.82, 2.24) is 5.32 Å². The molecule has 1 rings (SSSR count). The summed E-state index contributed by atoms with van der Waals surface area (Å²) in [6.07, 6.45) is 3.80. The van der Waals surface area contributed by atoms with E-state index in [9.17, 15) is 0 Å². The molecule has 1 aromatic rings. The third kappa shape index (κ3) is 3.57. The fraction of sp³-hybridized carbons (Fsp3) is 0.692. The van der Waals surface area contributed by atoms with Crippen LogP contribution < -0.4 is 5.32 Å². The molecule has 0 bridgehead atoms. The lowest BCUT2D eigenvalue weighted by Crippen LogP contribution is -2.18. The van der Waals surface area contributed by atoms with Crippen molar-refractivity contribution in [3.8, 4) is 0 Å². The summed E-state index contributed by atoms with van der Waals surface area (Å²) in [5.74, 6) is 0.832. The average Bonchev–Trinajstić information content (AvgIpc) is 2.61. The summed E-state index contributed by atoms with van der Waals surface area (Å²) in [6, 6.07) is 2.82. The van der Waals surface area contributed by atoms with Crippen molar-refractivity contribution in [2.45, 2.75) is 46.1 Å². The molecule has 0 saturated carbocycles. The standard InChI is InChI=1S/C13H22BrNS/c1-5-10(6-2)8-11(15-4)12-7-9(3)13(14)16-12/h7,10-11,15H,5-6,8H2,1-4H3. The van der Waals surface area contributed by atoms with Gasteiger partial charge in [0.1, 0.15) is 0 Å². The van der Waals surface area contributed by atoms with Crippen molar-refractivity contribution in [2.75, 3.05) is 7.05 Å². The molecule has 0 aliphatic rings. The molecular weight excluding hydrogens is 282 g/mol. The van der Waals surface area contributed by atoms with Gasteiger partial charge in [0.2, 0.25) is 0 Å². The van der Waals surface area contributed by atoms with Crippen LogP contribution in [0.3, 0.4) is 0 Å². The molecule has 0 aliphatic heterocycles. The molecule has 0 spiro atoms. The van der Waals surface area contributed by atoms with E-state index < -0.39 is 0 Å². The van der Waals surface area contributed by atoms with Gasteiger partial charge >= 0.3 is 0 Å². The Hall–Kier alpha value is 0.140. The predicted octanol–water partition coefficient (Wildman–Crippen LogP) is 4.91. The Morgan fingerprint density at radius 3 is 2.38 bits per heavy atom. The Morgan fingerprint density at radius 1 is 1.38 bits per heavy atom. The summed E-state index contributed by atoms with van der Waals surface area (Å²) in [6.45, 7) is 6.74. The first kappa shape index (κ1) is 14.2. The van der Waals surface area contributed by atoms with Crippen LogP contribution >= 0.6 is 27.3 Å². The lowest BCUT2D eigenvalue weighted by atomic mass is 9.94. The normalized spacial score (nSPS) is 13.4. The average molecular weight is 304 g/mol. The first-order chi connectivity index (χ1) is 7.62. The molecule has 1 heterocycles. The van der Waals surface area contributed by atoms with E-state index in [0.29, 0.717) is 6.04 Å². The Labute approximate surface area is 112 Å². The van der Waals surface area contributed by atoms with Crippen LogP contribution in [0.15, 0.2) is 9.85 Å². The number of hydrogen-bond donors (Lipinski definition) is 1. The fourth-order valence-corrected chi connectivity index (χ4v) is 3.68. The van der Waals surface area contributed by atoms with Crippen LogP contribution in [0, 0.1) is 12.8 Å². The van der Waals surface area contributed by atoms with Gasteiger partial charge in [-0.2, -0.15) is 0 Å². The van der Waals surface area contributed by atoms with Gasteiger partial charge in [0.15, 0.2) is 0 Å². The second-order valence-corrected chi connectivity index (χ2v) is 6.77. The molecule has 0 fully saturated rings. The van der Waals surface area contributed by atoms with Gasteiger partial charge in [-0.05, 0) is 53.9 Å². The van der Waals surface area contributed by atoms with Crippen LogP contribution in [0.25, 0.3) is 0 Å². The highest BCUT2D eigenvalue weighted by Crippen LogP contribution is 2.34. The Balaban J connectivity index is 2.74. The molecule has 0 amide bonds. The second-order valence-electron chi connectivity index (χ2n) is 4.36. The summed E-state index contributed by atoms with van der Waals surface area (Å²) < 4.78 is 1.27. The molecule has 16 heavy (non-hydrogen) atoms. The van der Waals surface area contributed by atoms with Gasteiger partial charge in [-0.25, -0.2) is 0 Å². The third-order valence-electron chi connectivity index (χ3n) is 3.29. The van der Waals surface area contributed by atoms with E-state index in [1.807, 2.05) is 11.3 Å². The van der Waals surface area contributed by atoms with Crippen LogP contribution in [0.5, 0.6) is 0 Å². The van der Waals surface area contributed by atoms with Crippen molar-refractivity contribution in [1.29, 1.82) is 0 Å². The Bertz CT molecular complexity index is 298. The number of hydrogen-bond acceptors (Lipinski definition) is 2. The predicted molar refractivity (Wildman–Crippen MR) is 77.2 cm³/mol. The minimum atomic E-state index is 0.514. The van der Waals surface area contributed by atoms with Crippen LogP contribution in [0.2, 0.25) is 0 Å². The summed E-state index contributed by atoms with van der Waals surface area (Å²) in [7, 11) is 2.07. The largest absolute Gasteiger partial charge is 0.312 e.